The largest absolute Gasteiger partial charge is 0.496 e. The summed E-state index contributed by atoms with van der Waals surface area (Å²) >= 11 is 0. The molecule has 2 aromatic carbocycles. The predicted octanol–water partition coefficient (Wildman–Crippen LogP) is 2.60. The van der Waals surface area contributed by atoms with Crippen LogP contribution in [0.25, 0.3) is 10.8 Å². The van der Waals surface area contributed by atoms with Gasteiger partial charge in [0.2, 0.25) is 0 Å². The van der Waals surface area contributed by atoms with E-state index in [0.29, 0.717) is 0 Å². The molecule has 1 aliphatic heterocycles. The molecule has 3 rings (SSSR count). The predicted molar refractivity (Wildman–Crippen MR) is 80.2 cm³/mol. The maximum Gasteiger partial charge on any atom is 0.126 e. The SMILES string of the molecule is COc1cccc2ccc(N3CCN(C)CC3)cc12. The molecule has 0 unspecified atom stereocenters. The number of anilines is 1. The molecular formula is C16H20N2O. The Balaban J connectivity index is 1.96. The summed E-state index contributed by atoms with van der Waals surface area (Å²) in [4.78, 5) is 4.82. The fourth-order valence-electron chi connectivity index (χ4n) is 2.67. The van der Waals surface area contributed by atoms with Gasteiger partial charge in [0.15, 0.2) is 0 Å². The summed E-state index contributed by atoms with van der Waals surface area (Å²) in [6.45, 7) is 4.45. The fourth-order valence-corrected chi connectivity index (χ4v) is 2.67. The zero-order valence-electron chi connectivity index (χ0n) is 11.6. The molecule has 0 saturated carbocycles. The summed E-state index contributed by atoms with van der Waals surface area (Å²) in [7, 11) is 3.91. The number of rotatable bonds is 2. The lowest BCUT2D eigenvalue weighted by atomic mass is 10.1. The summed E-state index contributed by atoms with van der Waals surface area (Å²) < 4.78 is 5.46. The molecular weight excluding hydrogens is 236 g/mol. The Morgan fingerprint density at radius 2 is 1.79 bits per heavy atom. The van der Waals surface area contributed by atoms with Crippen molar-refractivity contribution in [2.75, 3.05) is 45.2 Å². The quantitative estimate of drug-likeness (QED) is 0.821. The molecule has 0 aliphatic carbocycles. The molecule has 0 atom stereocenters. The minimum Gasteiger partial charge on any atom is -0.496 e. The normalized spacial score (nSPS) is 16.8. The average molecular weight is 256 g/mol. The summed E-state index contributed by atoms with van der Waals surface area (Å²) in [6, 6.07) is 12.8. The first-order valence-corrected chi connectivity index (χ1v) is 6.78. The highest BCUT2D eigenvalue weighted by molar-refractivity contribution is 5.91. The highest BCUT2D eigenvalue weighted by Crippen LogP contribution is 2.29. The highest BCUT2D eigenvalue weighted by atomic mass is 16.5. The first-order chi connectivity index (χ1) is 9.28. The van der Waals surface area contributed by atoms with Gasteiger partial charge in [0.25, 0.3) is 0 Å². The zero-order chi connectivity index (χ0) is 13.2. The van der Waals surface area contributed by atoms with Crippen LogP contribution in [0.15, 0.2) is 36.4 Å². The van der Waals surface area contributed by atoms with E-state index in [-0.39, 0.29) is 0 Å². The van der Waals surface area contributed by atoms with Crippen LogP contribution in [0.1, 0.15) is 0 Å². The minimum atomic E-state index is 0.952. The smallest absolute Gasteiger partial charge is 0.126 e. The van der Waals surface area contributed by atoms with Crippen LogP contribution >= 0.6 is 0 Å². The van der Waals surface area contributed by atoms with Crippen LogP contribution in [0.3, 0.4) is 0 Å². The van der Waals surface area contributed by atoms with Gasteiger partial charge in [0, 0.05) is 37.3 Å². The van der Waals surface area contributed by atoms with Gasteiger partial charge in [-0.05, 0) is 30.6 Å². The lowest BCUT2D eigenvalue weighted by molar-refractivity contribution is 0.313. The number of methoxy groups -OCH3 is 1. The molecule has 1 saturated heterocycles. The van der Waals surface area contributed by atoms with Crippen molar-refractivity contribution < 1.29 is 4.74 Å². The van der Waals surface area contributed by atoms with Crippen LogP contribution in [-0.2, 0) is 0 Å². The third-order valence-electron chi connectivity index (χ3n) is 3.91. The first kappa shape index (κ1) is 12.3. The highest BCUT2D eigenvalue weighted by Gasteiger charge is 2.14. The van der Waals surface area contributed by atoms with Gasteiger partial charge in [0.05, 0.1) is 7.11 Å². The third-order valence-corrected chi connectivity index (χ3v) is 3.91. The Bertz CT molecular complexity index is 574. The Morgan fingerprint density at radius 1 is 1.00 bits per heavy atom. The van der Waals surface area contributed by atoms with Crippen molar-refractivity contribution >= 4 is 16.5 Å². The number of hydrogen-bond donors (Lipinski definition) is 0. The van der Waals surface area contributed by atoms with E-state index in [1.54, 1.807) is 7.11 Å². The average Bonchev–Trinajstić information content (AvgIpc) is 2.47. The standard InChI is InChI=1S/C16H20N2O/c1-17-8-10-18(11-9-17)14-7-6-13-4-3-5-16(19-2)15(13)12-14/h3-7,12H,8-11H2,1-2H3. The third kappa shape index (κ3) is 2.38. The van der Waals surface area contributed by atoms with E-state index in [4.69, 9.17) is 4.74 Å². The Hall–Kier alpha value is -1.74. The van der Waals surface area contributed by atoms with E-state index in [1.807, 2.05) is 12.1 Å². The summed E-state index contributed by atoms with van der Waals surface area (Å²) in [5.74, 6) is 0.952. The minimum absolute atomic E-state index is 0.952. The van der Waals surface area contributed by atoms with E-state index in [2.05, 4.69) is 41.1 Å². The molecule has 2 aromatic rings. The monoisotopic (exact) mass is 256 g/mol. The lowest BCUT2D eigenvalue weighted by Gasteiger charge is -2.34. The van der Waals surface area contributed by atoms with E-state index >= 15 is 0 Å². The van der Waals surface area contributed by atoms with Gasteiger partial charge in [-0.2, -0.15) is 0 Å². The Morgan fingerprint density at radius 3 is 2.53 bits per heavy atom. The van der Waals surface area contributed by atoms with E-state index in [1.165, 1.54) is 16.5 Å². The fraction of sp³-hybridized carbons (Fsp3) is 0.375. The zero-order valence-corrected chi connectivity index (χ0v) is 11.6. The maximum absolute atomic E-state index is 5.46. The maximum atomic E-state index is 5.46. The topological polar surface area (TPSA) is 15.7 Å². The number of benzene rings is 2. The van der Waals surface area contributed by atoms with Gasteiger partial charge in [-0.15, -0.1) is 0 Å². The van der Waals surface area contributed by atoms with Crippen LogP contribution in [0.5, 0.6) is 5.75 Å². The van der Waals surface area contributed by atoms with Gasteiger partial charge in [0.1, 0.15) is 5.75 Å². The number of fused-ring (bicyclic) bond motifs is 1. The molecule has 19 heavy (non-hydrogen) atoms. The van der Waals surface area contributed by atoms with E-state index < -0.39 is 0 Å². The molecule has 100 valence electrons. The second-order valence-corrected chi connectivity index (χ2v) is 5.16. The van der Waals surface area contributed by atoms with Crippen molar-refractivity contribution in [3.8, 4) is 5.75 Å². The van der Waals surface area contributed by atoms with Crippen LogP contribution in [0.2, 0.25) is 0 Å². The number of ether oxygens (including phenoxy) is 1. The van der Waals surface area contributed by atoms with Crippen LogP contribution in [0.4, 0.5) is 5.69 Å². The second kappa shape index (κ2) is 5.10. The molecule has 0 aromatic heterocycles. The molecule has 3 heteroatoms. The van der Waals surface area contributed by atoms with Gasteiger partial charge < -0.3 is 14.5 Å². The number of piperazine rings is 1. The molecule has 3 nitrogen and oxygen atoms in total. The molecule has 0 N–H and O–H groups in total. The Kier molecular flexibility index (Phi) is 3.30. The number of likely N-dealkylation sites (N-methyl/N-ethyl adjacent to an activating group) is 1. The summed E-state index contributed by atoms with van der Waals surface area (Å²) in [6.07, 6.45) is 0. The van der Waals surface area contributed by atoms with Crippen molar-refractivity contribution in [3.63, 3.8) is 0 Å². The lowest BCUT2D eigenvalue weighted by Crippen LogP contribution is -2.44. The van der Waals surface area contributed by atoms with Crippen molar-refractivity contribution in [1.82, 2.24) is 4.90 Å². The van der Waals surface area contributed by atoms with Gasteiger partial charge in [-0.25, -0.2) is 0 Å². The molecule has 0 amide bonds. The van der Waals surface area contributed by atoms with E-state index in [0.717, 1.165) is 31.9 Å². The van der Waals surface area contributed by atoms with E-state index in [9.17, 15) is 0 Å². The van der Waals surface area contributed by atoms with Crippen LogP contribution in [-0.4, -0.2) is 45.2 Å². The summed E-state index contributed by atoms with van der Waals surface area (Å²) in [5.41, 5.74) is 1.30. The number of nitrogens with zero attached hydrogens (tertiary/aromatic N) is 2. The summed E-state index contributed by atoms with van der Waals surface area (Å²) in [5, 5.41) is 2.43. The molecule has 0 spiro atoms. The van der Waals surface area contributed by atoms with Crippen molar-refractivity contribution in [3.05, 3.63) is 36.4 Å². The van der Waals surface area contributed by atoms with Crippen molar-refractivity contribution in [2.24, 2.45) is 0 Å². The van der Waals surface area contributed by atoms with Crippen LogP contribution in [0, 0.1) is 0 Å². The van der Waals surface area contributed by atoms with Gasteiger partial charge in [-0.1, -0.05) is 18.2 Å². The van der Waals surface area contributed by atoms with Crippen molar-refractivity contribution in [1.29, 1.82) is 0 Å². The number of hydrogen-bond acceptors (Lipinski definition) is 3. The van der Waals surface area contributed by atoms with Crippen LogP contribution < -0.4 is 9.64 Å². The molecule has 1 heterocycles. The second-order valence-electron chi connectivity index (χ2n) is 5.16. The molecule has 0 bridgehead atoms. The van der Waals surface area contributed by atoms with Gasteiger partial charge >= 0.3 is 0 Å². The first-order valence-electron chi connectivity index (χ1n) is 6.78. The Labute approximate surface area is 114 Å². The van der Waals surface area contributed by atoms with Gasteiger partial charge in [-0.3, -0.25) is 0 Å². The van der Waals surface area contributed by atoms with Crippen molar-refractivity contribution in [2.45, 2.75) is 0 Å². The molecule has 1 fully saturated rings. The molecule has 1 aliphatic rings. The molecule has 0 radical (unpaired) electrons.